The number of hydrogen-bond acceptors (Lipinski definition) is 5. The minimum Gasteiger partial charge on any atom is -0.373 e. The quantitative estimate of drug-likeness (QED) is 0.538. The highest BCUT2D eigenvalue weighted by atomic mass is 32.2. The smallest absolute Gasteiger partial charge is 0.373 e. The average molecular weight is 244 g/mol. The zero-order valence-corrected chi connectivity index (χ0v) is 8.73. The van der Waals surface area contributed by atoms with Crippen molar-refractivity contribution >= 4 is 22.1 Å². The molecule has 0 aromatic heterocycles. The lowest BCUT2D eigenvalue weighted by molar-refractivity contribution is 0.0634. The fraction of sp³-hybridized carbons (Fsp3) is 0. The molecule has 0 spiro atoms. The van der Waals surface area contributed by atoms with Gasteiger partial charge in [-0.1, -0.05) is 12.1 Å². The lowest BCUT2D eigenvalue weighted by atomic mass is 10.2. The summed E-state index contributed by atoms with van der Waals surface area (Å²) in [5.74, 6) is -1.17. The van der Waals surface area contributed by atoms with Gasteiger partial charge in [-0.25, -0.2) is 23.1 Å². The fourth-order valence-corrected chi connectivity index (χ4v) is 1.76. The molecule has 0 atom stereocenters. The number of rotatable bonds is 2. The highest BCUT2D eigenvalue weighted by molar-refractivity contribution is 7.89. The molecule has 8 heteroatoms. The molecule has 0 aliphatic heterocycles. The number of primary amides is 1. The first-order valence-corrected chi connectivity index (χ1v) is 5.50. The topological polar surface area (TPSA) is 130 Å². The van der Waals surface area contributed by atoms with Crippen molar-refractivity contribution in [2.24, 2.45) is 10.9 Å². The number of carbonyl (C=O) groups excluding carboxylic acids is 2. The summed E-state index contributed by atoms with van der Waals surface area (Å²) in [7, 11) is -4.07. The van der Waals surface area contributed by atoms with Crippen molar-refractivity contribution in [1.29, 1.82) is 0 Å². The lowest BCUT2D eigenvalue weighted by Crippen LogP contribution is -2.22. The third kappa shape index (κ3) is 2.78. The predicted octanol–water partition coefficient (Wildman–Crippen LogP) is -0.430. The predicted molar refractivity (Wildman–Crippen MR) is 52.8 cm³/mol. The van der Waals surface area contributed by atoms with Crippen molar-refractivity contribution < 1.29 is 22.7 Å². The van der Waals surface area contributed by atoms with Crippen LogP contribution in [0.15, 0.2) is 29.2 Å². The SMILES string of the molecule is NC(=O)OC(=O)c1ccccc1S(N)(=O)=O. The number of ether oxygens (including phenoxy) is 1. The van der Waals surface area contributed by atoms with Crippen LogP contribution in [-0.4, -0.2) is 20.5 Å². The maximum absolute atomic E-state index is 11.3. The molecule has 0 heterocycles. The van der Waals surface area contributed by atoms with Gasteiger partial charge in [0.2, 0.25) is 10.0 Å². The summed E-state index contributed by atoms with van der Waals surface area (Å²) in [5.41, 5.74) is 4.28. The van der Waals surface area contributed by atoms with Crippen LogP contribution in [0.3, 0.4) is 0 Å². The van der Waals surface area contributed by atoms with Crippen molar-refractivity contribution in [1.82, 2.24) is 0 Å². The molecule has 4 N–H and O–H groups in total. The highest BCUT2D eigenvalue weighted by Crippen LogP contribution is 2.14. The Morgan fingerprint density at radius 3 is 2.25 bits per heavy atom. The van der Waals surface area contributed by atoms with Gasteiger partial charge in [-0.2, -0.15) is 0 Å². The van der Waals surface area contributed by atoms with Crippen LogP contribution < -0.4 is 10.9 Å². The maximum Gasteiger partial charge on any atom is 0.412 e. The highest BCUT2D eigenvalue weighted by Gasteiger charge is 2.20. The van der Waals surface area contributed by atoms with E-state index in [4.69, 9.17) is 5.14 Å². The molecule has 0 fully saturated rings. The van der Waals surface area contributed by atoms with Crippen LogP contribution in [0.1, 0.15) is 10.4 Å². The van der Waals surface area contributed by atoms with Gasteiger partial charge in [0.15, 0.2) is 0 Å². The van der Waals surface area contributed by atoms with Crippen molar-refractivity contribution in [2.75, 3.05) is 0 Å². The van der Waals surface area contributed by atoms with Crippen LogP contribution in [0.25, 0.3) is 0 Å². The Morgan fingerprint density at radius 2 is 1.75 bits per heavy atom. The number of hydrogen-bond donors (Lipinski definition) is 2. The van der Waals surface area contributed by atoms with Gasteiger partial charge in [-0.15, -0.1) is 0 Å². The Hall–Kier alpha value is -1.93. The summed E-state index contributed by atoms with van der Waals surface area (Å²) < 4.78 is 26.2. The van der Waals surface area contributed by atoms with E-state index in [1.807, 2.05) is 0 Å². The summed E-state index contributed by atoms with van der Waals surface area (Å²) in [6.45, 7) is 0. The molecule has 0 radical (unpaired) electrons. The molecule has 86 valence electrons. The molecular formula is C8H8N2O5S. The van der Waals surface area contributed by atoms with Crippen molar-refractivity contribution in [2.45, 2.75) is 4.90 Å². The van der Waals surface area contributed by atoms with Crippen LogP contribution >= 0.6 is 0 Å². The Morgan fingerprint density at radius 1 is 1.19 bits per heavy atom. The molecule has 0 aliphatic rings. The first kappa shape index (κ1) is 12.1. The van der Waals surface area contributed by atoms with Crippen LogP contribution in [0.2, 0.25) is 0 Å². The first-order valence-electron chi connectivity index (χ1n) is 3.96. The van der Waals surface area contributed by atoms with E-state index in [0.29, 0.717) is 0 Å². The van der Waals surface area contributed by atoms with E-state index in [0.717, 1.165) is 12.1 Å². The molecule has 0 aliphatic carbocycles. The maximum atomic E-state index is 11.3. The van der Waals surface area contributed by atoms with E-state index in [2.05, 4.69) is 10.5 Å². The zero-order valence-electron chi connectivity index (χ0n) is 7.91. The van der Waals surface area contributed by atoms with Crippen molar-refractivity contribution in [3.63, 3.8) is 0 Å². The number of amides is 1. The molecule has 0 bridgehead atoms. The van der Waals surface area contributed by atoms with E-state index < -0.39 is 27.0 Å². The number of sulfonamides is 1. The summed E-state index contributed by atoms with van der Waals surface area (Å²) in [4.78, 5) is 21.2. The van der Waals surface area contributed by atoms with E-state index in [1.54, 1.807) is 0 Å². The molecular weight excluding hydrogens is 236 g/mol. The largest absolute Gasteiger partial charge is 0.412 e. The van der Waals surface area contributed by atoms with Gasteiger partial charge in [-0.3, -0.25) is 0 Å². The van der Waals surface area contributed by atoms with Crippen LogP contribution in [0.5, 0.6) is 0 Å². The average Bonchev–Trinajstić information content (AvgIpc) is 2.15. The van der Waals surface area contributed by atoms with Gasteiger partial charge in [0.1, 0.15) is 0 Å². The molecule has 1 aromatic carbocycles. The third-order valence-electron chi connectivity index (χ3n) is 1.61. The number of carbonyl (C=O) groups is 2. The summed E-state index contributed by atoms with van der Waals surface area (Å²) in [5, 5.41) is 4.87. The monoisotopic (exact) mass is 244 g/mol. The number of nitrogens with two attached hydrogens (primary N) is 2. The van der Waals surface area contributed by atoms with Gasteiger partial charge < -0.3 is 10.5 Å². The Labute approximate surface area is 91.0 Å². The van der Waals surface area contributed by atoms with Crippen LogP contribution in [-0.2, 0) is 14.8 Å². The van der Waals surface area contributed by atoms with Gasteiger partial charge in [0, 0.05) is 0 Å². The Balaban J connectivity index is 3.24. The minimum absolute atomic E-state index is 0.344. The molecule has 1 aromatic rings. The van der Waals surface area contributed by atoms with Gasteiger partial charge >= 0.3 is 12.1 Å². The molecule has 1 rings (SSSR count). The second kappa shape index (κ2) is 4.29. The Kier molecular flexibility index (Phi) is 3.25. The summed E-state index contributed by atoms with van der Waals surface area (Å²) >= 11 is 0. The lowest BCUT2D eigenvalue weighted by Gasteiger charge is -2.04. The molecule has 16 heavy (non-hydrogen) atoms. The number of benzene rings is 1. The van der Waals surface area contributed by atoms with E-state index in [-0.39, 0.29) is 5.56 Å². The third-order valence-corrected chi connectivity index (χ3v) is 2.58. The van der Waals surface area contributed by atoms with E-state index >= 15 is 0 Å². The normalized spacial score (nSPS) is 10.8. The second-order valence-electron chi connectivity index (χ2n) is 2.75. The summed E-state index contributed by atoms with van der Waals surface area (Å²) in [6.07, 6.45) is -1.32. The fourth-order valence-electron chi connectivity index (χ4n) is 1.03. The molecule has 7 nitrogen and oxygen atoms in total. The first-order chi connectivity index (χ1) is 7.32. The van der Waals surface area contributed by atoms with Gasteiger partial charge in [0.05, 0.1) is 10.5 Å². The Bertz CT molecular complexity index is 537. The van der Waals surface area contributed by atoms with Crippen molar-refractivity contribution in [3.05, 3.63) is 29.8 Å². The number of esters is 1. The second-order valence-corrected chi connectivity index (χ2v) is 4.28. The van der Waals surface area contributed by atoms with Gasteiger partial charge in [-0.05, 0) is 12.1 Å². The molecule has 1 amide bonds. The zero-order chi connectivity index (χ0) is 12.3. The van der Waals surface area contributed by atoms with Gasteiger partial charge in [0.25, 0.3) is 0 Å². The standard InChI is InChI=1S/C8H8N2O5S/c9-8(12)15-7(11)5-3-1-2-4-6(5)16(10,13)14/h1-4H,(H2,9,12)(H2,10,13,14). The number of primary sulfonamides is 1. The molecule has 0 unspecified atom stereocenters. The molecule has 0 saturated heterocycles. The van der Waals surface area contributed by atoms with Crippen molar-refractivity contribution in [3.8, 4) is 0 Å². The van der Waals surface area contributed by atoms with Crippen LogP contribution in [0.4, 0.5) is 4.79 Å². The van der Waals surface area contributed by atoms with E-state index in [9.17, 15) is 18.0 Å². The summed E-state index contributed by atoms with van der Waals surface area (Å²) in [6, 6.07) is 5.05. The van der Waals surface area contributed by atoms with Crippen LogP contribution in [0, 0.1) is 0 Å². The van der Waals surface area contributed by atoms with E-state index in [1.165, 1.54) is 12.1 Å². The minimum atomic E-state index is -4.07. The molecule has 0 saturated carbocycles.